The lowest BCUT2D eigenvalue weighted by Gasteiger charge is -2.32. The Bertz CT molecular complexity index is 3780. The van der Waals surface area contributed by atoms with Crippen LogP contribution in [0.1, 0.15) is 37.8 Å². The van der Waals surface area contributed by atoms with Gasteiger partial charge in [0.25, 0.3) is 0 Å². The molecule has 0 unspecified atom stereocenters. The molecule has 0 atom stereocenters. The second kappa shape index (κ2) is 16.0. The van der Waals surface area contributed by atoms with Gasteiger partial charge in [-0.25, -0.2) is 0 Å². The maximum atomic E-state index is 2.56. The fourth-order valence-corrected chi connectivity index (χ4v) is 12.2. The molecular formula is C67H49N. The molecule has 1 aliphatic rings. The van der Waals surface area contributed by atoms with Crippen molar-refractivity contribution in [3.05, 3.63) is 248 Å². The lowest BCUT2D eigenvalue weighted by Crippen LogP contribution is -2.23. The molecule has 0 heterocycles. The van der Waals surface area contributed by atoms with Gasteiger partial charge in [-0.05, 0) is 171 Å². The summed E-state index contributed by atoms with van der Waals surface area (Å²) in [6, 6.07) is 88.3. The first-order chi connectivity index (χ1) is 33.6. The van der Waals surface area contributed by atoms with Gasteiger partial charge < -0.3 is 4.90 Å². The van der Waals surface area contributed by atoms with Gasteiger partial charge in [0.2, 0.25) is 0 Å². The number of para-hydroxylation sites is 2. The molecule has 0 bridgehead atoms. The van der Waals surface area contributed by atoms with E-state index in [1.54, 1.807) is 0 Å². The molecule has 13 rings (SSSR count). The largest absolute Gasteiger partial charge is 0.310 e. The van der Waals surface area contributed by atoms with Gasteiger partial charge >= 0.3 is 0 Å². The topological polar surface area (TPSA) is 3.24 Å². The highest BCUT2D eigenvalue weighted by atomic mass is 15.1. The quantitative estimate of drug-likeness (QED) is 0.138. The van der Waals surface area contributed by atoms with E-state index in [9.17, 15) is 0 Å². The van der Waals surface area contributed by atoms with Crippen LogP contribution in [0.4, 0.5) is 17.1 Å². The highest BCUT2D eigenvalue weighted by molar-refractivity contribution is 6.30. The predicted octanol–water partition coefficient (Wildman–Crippen LogP) is 19.0. The fourth-order valence-electron chi connectivity index (χ4n) is 12.2. The van der Waals surface area contributed by atoms with Crippen molar-refractivity contribution < 1.29 is 0 Å². The molecule has 0 radical (unpaired) electrons. The Kier molecular flexibility index (Phi) is 9.41. The first-order valence-electron chi connectivity index (χ1n) is 24.2. The third kappa shape index (κ3) is 6.02. The Labute approximate surface area is 398 Å². The zero-order valence-electron chi connectivity index (χ0n) is 38.4. The van der Waals surface area contributed by atoms with E-state index in [0.29, 0.717) is 0 Å². The van der Waals surface area contributed by atoms with E-state index in [1.807, 2.05) is 0 Å². The van der Waals surface area contributed by atoms with Crippen molar-refractivity contribution in [3.8, 4) is 44.5 Å². The molecule has 0 N–H and O–H groups in total. The lowest BCUT2D eigenvalue weighted by molar-refractivity contribution is 0.490. The highest BCUT2D eigenvalue weighted by Gasteiger charge is 2.41. The number of hydrogen-bond acceptors (Lipinski definition) is 1. The van der Waals surface area contributed by atoms with Crippen molar-refractivity contribution in [3.63, 3.8) is 0 Å². The summed E-state index contributed by atoms with van der Waals surface area (Å²) in [5.74, 6) is 0. The molecule has 0 aliphatic heterocycles. The Morgan fingerprint density at radius 2 is 0.662 bits per heavy atom. The van der Waals surface area contributed by atoms with Crippen molar-refractivity contribution in [2.24, 2.45) is 0 Å². The van der Waals surface area contributed by atoms with Crippen molar-refractivity contribution in [2.75, 3.05) is 4.90 Å². The van der Waals surface area contributed by atoms with E-state index in [-0.39, 0.29) is 5.41 Å². The van der Waals surface area contributed by atoms with E-state index in [1.165, 1.54) is 115 Å². The van der Waals surface area contributed by atoms with Gasteiger partial charge in [0, 0.05) is 22.5 Å². The van der Waals surface area contributed by atoms with Crippen LogP contribution in [0.5, 0.6) is 0 Å². The molecule has 0 fully saturated rings. The number of rotatable bonds is 8. The van der Waals surface area contributed by atoms with Crippen LogP contribution in [0.3, 0.4) is 0 Å². The van der Waals surface area contributed by atoms with Crippen LogP contribution >= 0.6 is 0 Å². The van der Waals surface area contributed by atoms with E-state index in [2.05, 4.69) is 255 Å². The van der Waals surface area contributed by atoms with Gasteiger partial charge in [-0.15, -0.1) is 0 Å². The van der Waals surface area contributed by atoms with E-state index in [0.717, 1.165) is 24.2 Å². The van der Waals surface area contributed by atoms with E-state index in [4.69, 9.17) is 0 Å². The molecule has 12 aromatic rings. The summed E-state index contributed by atoms with van der Waals surface area (Å²) in [4.78, 5) is 2.40. The van der Waals surface area contributed by atoms with Gasteiger partial charge in [0.05, 0.1) is 0 Å². The molecule has 12 aromatic carbocycles. The highest BCUT2D eigenvalue weighted by Crippen LogP contribution is 2.56. The Balaban J connectivity index is 1.02. The zero-order chi connectivity index (χ0) is 45.3. The third-order valence-electron chi connectivity index (χ3n) is 15.3. The molecule has 1 heteroatoms. The van der Waals surface area contributed by atoms with Crippen molar-refractivity contribution >= 4 is 70.9 Å². The summed E-state index contributed by atoms with van der Waals surface area (Å²) in [5.41, 5.74) is 16.5. The Morgan fingerprint density at radius 1 is 0.294 bits per heavy atom. The first kappa shape index (κ1) is 40.1. The average molecular weight is 868 g/mol. The van der Waals surface area contributed by atoms with Crippen molar-refractivity contribution in [1.29, 1.82) is 0 Å². The summed E-state index contributed by atoms with van der Waals surface area (Å²) >= 11 is 0. The van der Waals surface area contributed by atoms with Gasteiger partial charge in [-0.1, -0.05) is 202 Å². The van der Waals surface area contributed by atoms with Crippen LogP contribution in [0.15, 0.2) is 237 Å². The number of nitrogens with zero attached hydrogens (tertiary/aromatic N) is 1. The Hall–Kier alpha value is -8.26. The fraction of sp³-hybridized carbons (Fsp3) is 0.0746. The lowest BCUT2D eigenvalue weighted by atomic mass is 9.73. The molecule has 322 valence electrons. The van der Waals surface area contributed by atoms with Gasteiger partial charge in [0.15, 0.2) is 0 Å². The van der Waals surface area contributed by atoms with Crippen LogP contribution in [-0.2, 0) is 5.41 Å². The van der Waals surface area contributed by atoms with Crippen LogP contribution in [0.2, 0.25) is 0 Å². The predicted molar refractivity (Wildman–Crippen MR) is 292 cm³/mol. The van der Waals surface area contributed by atoms with Crippen molar-refractivity contribution in [1.82, 2.24) is 0 Å². The summed E-state index contributed by atoms with van der Waals surface area (Å²) in [6.07, 6.45) is 2.01. The number of benzene rings is 12. The molecular weight excluding hydrogens is 819 g/mol. The van der Waals surface area contributed by atoms with Crippen LogP contribution in [-0.4, -0.2) is 0 Å². The molecule has 0 saturated carbocycles. The van der Waals surface area contributed by atoms with Gasteiger partial charge in [-0.2, -0.15) is 0 Å². The van der Waals surface area contributed by atoms with Crippen LogP contribution in [0, 0.1) is 0 Å². The normalized spacial score (nSPS) is 12.8. The maximum absolute atomic E-state index is 2.56. The minimum atomic E-state index is -0.147. The monoisotopic (exact) mass is 867 g/mol. The van der Waals surface area contributed by atoms with Gasteiger partial charge in [-0.3, -0.25) is 0 Å². The zero-order valence-corrected chi connectivity index (χ0v) is 38.4. The molecule has 0 aromatic heterocycles. The minimum Gasteiger partial charge on any atom is -0.310 e. The molecule has 0 amide bonds. The number of fused-ring (bicyclic) bond motifs is 8. The molecule has 68 heavy (non-hydrogen) atoms. The SMILES string of the molecule is CCC1(CC)c2cc(-c3c4ccccc4c(-c4c5ccccc5c(-c5ccc6ccccc6c5)c5ccccc45)c4ccccc34)ccc2-c2ccc(N(c3ccccc3)c3ccccc3)cc21. The molecule has 0 spiro atoms. The standard InChI is InChI=1S/C67H49N/c1-3-67(4-2)61-42-47(37-39-51(61)52-40-38-50(43-62(52)67)68(48-23-7-5-8-24-48)49-25-9-6-10-26-49)64-55-29-15-19-33-59(55)66(60-34-20-16-30-56(60)64)65-57-31-17-13-27-53(57)63(54-28-14-18-32-58(54)65)46-36-35-44-21-11-12-22-45(44)41-46/h5-43H,3-4H2,1-2H3. The van der Waals surface area contributed by atoms with Crippen molar-refractivity contribution in [2.45, 2.75) is 32.1 Å². The van der Waals surface area contributed by atoms with E-state index >= 15 is 0 Å². The Morgan fingerprint density at radius 3 is 1.13 bits per heavy atom. The number of anilines is 3. The third-order valence-corrected chi connectivity index (χ3v) is 15.3. The first-order valence-corrected chi connectivity index (χ1v) is 24.2. The smallest absolute Gasteiger partial charge is 0.0465 e. The number of hydrogen-bond donors (Lipinski definition) is 0. The summed E-state index contributed by atoms with van der Waals surface area (Å²) in [6.45, 7) is 4.76. The maximum Gasteiger partial charge on any atom is 0.0465 e. The summed E-state index contributed by atoms with van der Waals surface area (Å²) in [7, 11) is 0. The van der Waals surface area contributed by atoms with Crippen LogP contribution < -0.4 is 4.90 Å². The van der Waals surface area contributed by atoms with Crippen LogP contribution in [0.25, 0.3) is 98.4 Å². The molecule has 0 saturated heterocycles. The summed E-state index contributed by atoms with van der Waals surface area (Å²) in [5, 5.41) is 12.6. The van der Waals surface area contributed by atoms with E-state index < -0.39 is 0 Å². The molecule has 1 nitrogen and oxygen atoms in total. The second-order valence-corrected chi connectivity index (χ2v) is 18.5. The van der Waals surface area contributed by atoms with Gasteiger partial charge in [0.1, 0.15) is 0 Å². The molecule has 1 aliphatic carbocycles. The average Bonchev–Trinajstić information content (AvgIpc) is 3.68. The summed E-state index contributed by atoms with van der Waals surface area (Å²) < 4.78 is 0. The second-order valence-electron chi connectivity index (χ2n) is 18.5. The minimum absolute atomic E-state index is 0.147.